The molecule has 134 valence electrons. The van der Waals surface area contributed by atoms with E-state index in [9.17, 15) is 13.6 Å². The number of carbonyl (C=O) groups is 1. The monoisotopic (exact) mass is 411 g/mol. The summed E-state index contributed by atoms with van der Waals surface area (Å²) >= 11 is 3.44. The Labute approximate surface area is 154 Å². The Morgan fingerprint density at radius 3 is 2.64 bits per heavy atom. The van der Waals surface area contributed by atoms with Crippen LogP contribution in [-0.2, 0) is 24.2 Å². The molecular weight excluding hydrogens is 392 g/mol. The van der Waals surface area contributed by atoms with Crippen LogP contribution in [0, 0.1) is 0 Å². The van der Waals surface area contributed by atoms with Crippen molar-refractivity contribution in [3.63, 3.8) is 0 Å². The molecule has 2 aromatic rings. The predicted molar refractivity (Wildman–Crippen MR) is 97.0 cm³/mol. The topological polar surface area (TPSA) is 38.3 Å². The van der Waals surface area contributed by atoms with Gasteiger partial charge in [0.05, 0.1) is 10.9 Å². The van der Waals surface area contributed by atoms with Crippen LogP contribution < -0.4 is 10.1 Å². The largest absolute Gasteiger partial charge is 0.488 e. The second-order valence-corrected chi connectivity index (χ2v) is 6.40. The Morgan fingerprint density at radius 1 is 1.28 bits per heavy atom. The Hall–Kier alpha value is -1.95. The number of carbonyl (C=O) groups excluding carboxylic acids is 1. The van der Waals surface area contributed by atoms with Crippen molar-refractivity contribution in [1.29, 1.82) is 0 Å². The molecular formula is C19H20BrF2NO2. The van der Waals surface area contributed by atoms with Crippen molar-refractivity contribution in [3.8, 4) is 5.75 Å². The maximum Gasteiger partial charge on any atom is 0.264 e. The average Bonchev–Trinajstić information content (AvgIpc) is 2.60. The summed E-state index contributed by atoms with van der Waals surface area (Å²) in [7, 11) is 1.52. The van der Waals surface area contributed by atoms with Gasteiger partial charge in [0, 0.05) is 18.2 Å². The lowest BCUT2D eigenvalue weighted by molar-refractivity contribution is -0.119. The van der Waals surface area contributed by atoms with E-state index in [0.717, 1.165) is 16.5 Å². The van der Waals surface area contributed by atoms with Gasteiger partial charge in [0.15, 0.2) is 0 Å². The summed E-state index contributed by atoms with van der Waals surface area (Å²) in [4.78, 5) is 11.7. The lowest BCUT2D eigenvalue weighted by Crippen LogP contribution is -2.21. The second kappa shape index (κ2) is 8.94. The molecule has 0 aliphatic rings. The zero-order valence-corrected chi connectivity index (χ0v) is 15.7. The van der Waals surface area contributed by atoms with E-state index in [0.29, 0.717) is 16.9 Å². The number of hydrogen-bond acceptors (Lipinski definition) is 2. The van der Waals surface area contributed by atoms with Crippen molar-refractivity contribution in [2.45, 2.75) is 32.8 Å². The molecule has 2 rings (SSSR count). The van der Waals surface area contributed by atoms with Crippen molar-refractivity contribution < 1.29 is 18.3 Å². The van der Waals surface area contributed by atoms with Gasteiger partial charge in [0.2, 0.25) is 5.91 Å². The number of aryl methyl sites for hydroxylation is 1. The maximum atomic E-state index is 13.4. The van der Waals surface area contributed by atoms with Crippen LogP contribution in [0.4, 0.5) is 8.78 Å². The third-order valence-electron chi connectivity index (χ3n) is 3.95. The molecule has 0 unspecified atom stereocenters. The van der Waals surface area contributed by atoms with E-state index in [4.69, 9.17) is 4.74 Å². The van der Waals surface area contributed by atoms with Crippen LogP contribution >= 0.6 is 15.9 Å². The van der Waals surface area contributed by atoms with Crippen molar-refractivity contribution in [2.24, 2.45) is 0 Å². The minimum absolute atomic E-state index is 0.0308. The van der Waals surface area contributed by atoms with E-state index in [1.807, 2.05) is 25.1 Å². The number of halogens is 3. The van der Waals surface area contributed by atoms with E-state index in [2.05, 4.69) is 21.2 Å². The highest BCUT2D eigenvalue weighted by atomic mass is 79.9. The first kappa shape index (κ1) is 19.4. The van der Waals surface area contributed by atoms with Gasteiger partial charge in [0.1, 0.15) is 12.4 Å². The quantitative estimate of drug-likeness (QED) is 0.709. The Balaban J connectivity index is 2.29. The standard InChI is InChI=1S/C19H20BrF2NO2/c1-3-12-7-8-17(16(20)9-12)25-11-15-13(10-18(24)23-2)5-4-6-14(15)19(21)22/h4-9,19H,3,10-11H2,1-2H3,(H,23,24). The number of amides is 1. The molecule has 0 aliphatic heterocycles. The average molecular weight is 412 g/mol. The first-order valence-corrected chi connectivity index (χ1v) is 8.76. The SMILES string of the molecule is CCc1ccc(OCc2c(CC(=O)NC)cccc2C(F)F)c(Br)c1. The first-order chi connectivity index (χ1) is 12.0. The van der Waals surface area contributed by atoms with E-state index in [-0.39, 0.29) is 24.5 Å². The molecule has 2 aromatic carbocycles. The zero-order valence-electron chi connectivity index (χ0n) is 14.1. The van der Waals surface area contributed by atoms with E-state index in [1.54, 1.807) is 6.07 Å². The number of benzene rings is 2. The molecule has 25 heavy (non-hydrogen) atoms. The number of hydrogen-bond donors (Lipinski definition) is 1. The molecule has 0 atom stereocenters. The minimum atomic E-state index is -2.63. The van der Waals surface area contributed by atoms with Gasteiger partial charge in [-0.1, -0.05) is 31.2 Å². The van der Waals surface area contributed by atoms with Crippen LogP contribution in [0.25, 0.3) is 0 Å². The second-order valence-electron chi connectivity index (χ2n) is 5.54. The van der Waals surface area contributed by atoms with Crippen LogP contribution in [0.1, 0.15) is 35.6 Å². The maximum absolute atomic E-state index is 13.4. The third kappa shape index (κ3) is 5.01. The lowest BCUT2D eigenvalue weighted by Gasteiger charge is -2.16. The first-order valence-electron chi connectivity index (χ1n) is 7.96. The van der Waals surface area contributed by atoms with Gasteiger partial charge >= 0.3 is 0 Å². The fraction of sp³-hybridized carbons (Fsp3) is 0.316. The molecule has 3 nitrogen and oxygen atoms in total. The van der Waals surface area contributed by atoms with Gasteiger partial charge in [-0.15, -0.1) is 0 Å². The van der Waals surface area contributed by atoms with Gasteiger partial charge in [-0.05, 0) is 45.6 Å². The molecule has 1 N–H and O–H groups in total. The highest BCUT2D eigenvalue weighted by molar-refractivity contribution is 9.10. The van der Waals surface area contributed by atoms with Gasteiger partial charge in [-0.25, -0.2) is 8.78 Å². The zero-order chi connectivity index (χ0) is 18.4. The van der Waals surface area contributed by atoms with Gasteiger partial charge in [0.25, 0.3) is 6.43 Å². The molecule has 0 heterocycles. The number of ether oxygens (including phenoxy) is 1. The Kier molecular flexibility index (Phi) is 6.93. The number of alkyl halides is 2. The molecule has 0 saturated carbocycles. The van der Waals surface area contributed by atoms with Crippen molar-refractivity contribution in [3.05, 3.63) is 63.1 Å². The summed E-state index contributed by atoms with van der Waals surface area (Å²) in [6, 6.07) is 10.3. The van der Waals surface area contributed by atoms with E-state index in [1.165, 1.54) is 19.2 Å². The fourth-order valence-corrected chi connectivity index (χ4v) is 3.03. The molecule has 0 spiro atoms. The molecule has 0 aliphatic carbocycles. The predicted octanol–water partition coefficient (Wildman–Crippen LogP) is 4.82. The summed E-state index contributed by atoms with van der Waals surface area (Å²) in [6.07, 6.45) is -1.70. The van der Waals surface area contributed by atoms with Crippen molar-refractivity contribution >= 4 is 21.8 Å². The fourth-order valence-electron chi connectivity index (χ4n) is 2.49. The van der Waals surface area contributed by atoms with E-state index < -0.39 is 6.43 Å². The summed E-state index contributed by atoms with van der Waals surface area (Å²) in [5, 5.41) is 2.51. The number of likely N-dealkylation sites (N-methyl/N-ethyl adjacent to an activating group) is 1. The molecule has 0 aromatic heterocycles. The van der Waals surface area contributed by atoms with Crippen LogP contribution in [0.15, 0.2) is 40.9 Å². The van der Waals surface area contributed by atoms with E-state index >= 15 is 0 Å². The van der Waals surface area contributed by atoms with Crippen LogP contribution in [-0.4, -0.2) is 13.0 Å². The highest BCUT2D eigenvalue weighted by Crippen LogP contribution is 2.30. The molecule has 0 fully saturated rings. The minimum Gasteiger partial charge on any atom is -0.488 e. The normalized spacial score (nSPS) is 10.8. The van der Waals surface area contributed by atoms with Crippen LogP contribution in [0.3, 0.4) is 0 Å². The number of rotatable bonds is 7. The van der Waals surface area contributed by atoms with Gasteiger partial charge in [-0.3, -0.25) is 4.79 Å². The Bertz CT molecular complexity index is 750. The molecule has 6 heteroatoms. The van der Waals surface area contributed by atoms with Crippen LogP contribution in [0.5, 0.6) is 5.75 Å². The summed E-state index contributed by atoms with van der Waals surface area (Å²) in [6.45, 7) is 2.02. The number of nitrogens with one attached hydrogen (secondary N) is 1. The van der Waals surface area contributed by atoms with Crippen LogP contribution in [0.2, 0.25) is 0 Å². The molecule has 1 amide bonds. The molecule has 0 bridgehead atoms. The van der Waals surface area contributed by atoms with Gasteiger partial charge < -0.3 is 10.1 Å². The molecule has 0 radical (unpaired) electrons. The highest BCUT2D eigenvalue weighted by Gasteiger charge is 2.18. The smallest absolute Gasteiger partial charge is 0.264 e. The summed E-state index contributed by atoms with van der Waals surface area (Å²) in [5.74, 6) is 0.341. The summed E-state index contributed by atoms with van der Waals surface area (Å²) in [5.41, 5.74) is 1.93. The molecule has 0 saturated heterocycles. The van der Waals surface area contributed by atoms with Crippen molar-refractivity contribution in [2.75, 3.05) is 7.05 Å². The van der Waals surface area contributed by atoms with Crippen molar-refractivity contribution in [1.82, 2.24) is 5.32 Å². The summed E-state index contributed by atoms with van der Waals surface area (Å²) < 4.78 is 33.3. The Morgan fingerprint density at radius 2 is 2.04 bits per heavy atom. The lowest BCUT2D eigenvalue weighted by atomic mass is 9.99. The third-order valence-corrected chi connectivity index (χ3v) is 4.57. The van der Waals surface area contributed by atoms with Gasteiger partial charge in [-0.2, -0.15) is 0 Å².